The van der Waals surface area contributed by atoms with Gasteiger partial charge in [-0.2, -0.15) is 0 Å². The van der Waals surface area contributed by atoms with Gasteiger partial charge in [0.1, 0.15) is 0 Å². The Morgan fingerprint density at radius 1 is 0.864 bits per heavy atom. The second-order valence-corrected chi connectivity index (χ2v) is 7.14. The van der Waals surface area contributed by atoms with E-state index in [1.807, 2.05) is 60.7 Å². The molecule has 0 radical (unpaired) electrons. The van der Waals surface area contributed by atoms with Crippen LogP contribution in [0.15, 0.2) is 72.6 Å². The van der Waals surface area contributed by atoms with Gasteiger partial charge in [-0.1, -0.05) is 82.7 Å². The first kappa shape index (κ1) is 17.2. The van der Waals surface area contributed by atoms with Crippen LogP contribution >= 0.6 is 23.5 Å². The van der Waals surface area contributed by atoms with E-state index in [4.69, 9.17) is 9.05 Å². The molecule has 5 heteroatoms. The molecule has 0 unspecified atom stereocenters. The van der Waals surface area contributed by atoms with Crippen molar-refractivity contribution in [1.29, 1.82) is 0 Å². The number of halogens is 1. The van der Waals surface area contributed by atoms with E-state index in [0.29, 0.717) is 5.33 Å². The number of allylic oxidation sites excluding steroid dienone is 1. The quantitative estimate of drug-likeness (QED) is 0.446. The normalized spacial score (nSPS) is 11.9. The molecule has 116 valence electrons. The number of hydrogen-bond acceptors (Lipinski definition) is 3. The third-order valence-electron chi connectivity index (χ3n) is 2.89. The summed E-state index contributed by atoms with van der Waals surface area (Å²) in [5, 5.41) is 0.598. The lowest BCUT2D eigenvalue weighted by Gasteiger charge is -2.15. The minimum Gasteiger partial charge on any atom is -0.301 e. The van der Waals surface area contributed by atoms with Crippen molar-refractivity contribution in [3.05, 3.63) is 83.7 Å². The molecule has 2 aromatic rings. The van der Waals surface area contributed by atoms with E-state index in [9.17, 15) is 4.57 Å². The van der Waals surface area contributed by atoms with Gasteiger partial charge < -0.3 is 9.05 Å². The van der Waals surface area contributed by atoms with Gasteiger partial charge in [0.15, 0.2) is 0 Å². The van der Waals surface area contributed by atoms with E-state index >= 15 is 0 Å². The average molecular weight is 381 g/mol. The third kappa shape index (κ3) is 5.90. The maximum atomic E-state index is 12.8. The SMILES string of the molecule is O=P(C=CCBr)(OCc1ccccc1)OCc1ccccc1. The molecule has 3 nitrogen and oxygen atoms in total. The van der Waals surface area contributed by atoms with Gasteiger partial charge in [0.05, 0.1) is 13.2 Å². The zero-order chi connectivity index (χ0) is 15.7. The van der Waals surface area contributed by atoms with Crippen molar-refractivity contribution in [3.63, 3.8) is 0 Å². The maximum Gasteiger partial charge on any atom is 0.354 e. The summed E-state index contributed by atoms with van der Waals surface area (Å²) in [5.41, 5.74) is 1.91. The zero-order valence-corrected chi connectivity index (χ0v) is 14.6. The highest BCUT2D eigenvalue weighted by molar-refractivity contribution is 9.09. The molecule has 0 aromatic heterocycles. The van der Waals surface area contributed by atoms with E-state index in [0.717, 1.165) is 11.1 Å². The highest BCUT2D eigenvalue weighted by Gasteiger charge is 2.21. The van der Waals surface area contributed by atoms with Gasteiger partial charge in [-0.25, -0.2) is 0 Å². The van der Waals surface area contributed by atoms with Crippen molar-refractivity contribution in [2.75, 3.05) is 5.33 Å². The van der Waals surface area contributed by atoms with Gasteiger partial charge in [0.25, 0.3) is 0 Å². The first-order chi connectivity index (χ1) is 10.7. The molecule has 0 heterocycles. The lowest BCUT2D eigenvalue weighted by Crippen LogP contribution is -1.96. The zero-order valence-electron chi connectivity index (χ0n) is 12.1. The average Bonchev–Trinajstić information content (AvgIpc) is 2.59. The molecule has 0 spiro atoms. The fraction of sp³-hybridized carbons (Fsp3) is 0.176. The van der Waals surface area contributed by atoms with Gasteiger partial charge >= 0.3 is 7.60 Å². The Balaban J connectivity index is 2.00. The highest BCUT2D eigenvalue weighted by atomic mass is 79.9. The lowest BCUT2D eigenvalue weighted by molar-refractivity contribution is 0.199. The topological polar surface area (TPSA) is 35.5 Å². The summed E-state index contributed by atoms with van der Waals surface area (Å²) in [6, 6.07) is 19.2. The molecular formula is C17H18BrO3P. The molecular weight excluding hydrogens is 363 g/mol. The monoisotopic (exact) mass is 380 g/mol. The van der Waals surface area contributed by atoms with Crippen molar-refractivity contribution in [2.24, 2.45) is 0 Å². The van der Waals surface area contributed by atoms with E-state index < -0.39 is 7.60 Å². The Hall–Kier alpha value is -1.19. The van der Waals surface area contributed by atoms with Crippen LogP contribution in [0.1, 0.15) is 11.1 Å². The van der Waals surface area contributed by atoms with E-state index in [1.54, 1.807) is 6.08 Å². The van der Waals surface area contributed by atoms with Crippen LogP contribution in [0.25, 0.3) is 0 Å². The van der Waals surface area contributed by atoms with Crippen molar-refractivity contribution in [3.8, 4) is 0 Å². The Morgan fingerprint density at radius 3 is 1.73 bits per heavy atom. The van der Waals surface area contributed by atoms with Crippen LogP contribution < -0.4 is 0 Å². The number of hydrogen-bond donors (Lipinski definition) is 0. The van der Waals surface area contributed by atoms with Gasteiger partial charge in [-0.05, 0) is 11.1 Å². The first-order valence-electron chi connectivity index (χ1n) is 6.92. The fourth-order valence-corrected chi connectivity index (χ4v) is 3.51. The summed E-state index contributed by atoms with van der Waals surface area (Å²) in [5.74, 6) is 1.51. The van der Waals surface area contributed by atoms with Crippen molar-refractivity contribution in [2.45, 2.75) is 13.2 Å². The molecule has 0 aliphatic rings. The molecule has 22 heavy (non-hydrogen) atoms. The van der Waals surface area contributed by atoms with Crippen LogP contribution in [0.4, 0.5) is 0 Å². The van der Waals surface area contributed by atoms with Gasteiger partial charge in [0, 0.05) is 11.1 Å². The number of alkyl halides is 1. The molecule has 0 fully saturated rings. The summed E-state index contributed by atoms with van der Waals surface area (Å²) < 4.78 is 23.9. The summed E-state index contributed by atoms with van der Waals surface area (Å²) in [7, 11) is -3.28. The minimum atomic E-state index is -3.28. The Morgan fingerprint density at radius 2 is 1.32 bits per heavy atom. The molecule has 0 aliphatic heterocycles. The molecule has 2 rings (SSSR count). The van der Waals surface area contributed by atoms with Crippen molar-refractivity contribution < 1.29 is 13.6 Å². The number of rotatable bonds is 8. The molecule has 0 saturated heterocycles. The van der Waals surface area contributed by atoms with Gasteiger partial charge in [-0.3, -0.25) is 4.57 Å². The minimum absolute atomic E-state index is 0.250. The second-order valence-electron chi connectivity index (χ2n) is 4.60. The Kier molecular flexibility index (Phi) is 7.07. The Labute approximate surface area is 139 Å². The standard InChI is InChI=1S/C17H18BrO3P/c18-12-7-13-22(19,20-14-16-8-3-1-4-9-16)21-15-17-10-5-2-6-11-17/h1-11,13H,12,14-15H2. The van der Waals surface area contributed by atoms with Crippen LogP contribution in [-0.2, 0) is 26.8 Å². The summed E-state index contributed by atoms with van der Waals surface area (Å²) >= 11 is 3.28. The van der Waals surface area contributed by atoms with Crippen LogP contribution in [0.2, 0.25) is 0 Å². The van der Waals surface area contributed by atoms with E-state index in [2.05, 4.69) is 15.9 Å². The van der Waals surface area contributed by atoms with Crippen LogP contribution in [0.3, 0.4) is 0 Å². The van der Waals surface area contributed by atoms with Gasteiger partial charge in [-0.15, -0.1) is 0 Å². The van der Waals surface area contributed by atoms with Crippen LogP contribution in [-0.4, -0.2) is 5.33 Å². The van der Waals surface area contributed by atoms with Gasteiger partial charge in [0.2, 0.25) is 0 Å². The molecule has 0 aliphatic carbocycles. The molecule has 0 amide bonds. The predicted molar refractivity (Wildman–Crippen MR) is 93.0 cm³/mol. The largest absolute Gasteiger partial charge is 0.354 e. The lowest BCUT2D eigenvalue weighted by atomic mass is 10.2. The molecule has 2 aromatic carbocycles. The molecule has 0 atom stereocenters. The summed E-state index contributed by atoms with van der Waals surface area (Å²) in [6.07, 6.45) is 1.73. The highest BCUT2D eigenvalue weighted by Crippen LogP contribution is 2.51. The molecule has 0 N–H and O–H groups in total. The fourth-order valence-electron chi connectivity index (χ4n) is 1.77. The first-order valence-corrected chi connectivity index (χ1v) is 9.65. The van der Waals surface area contributed by atoms with E-state index in [1.165, 1.54) is 5.82 Å². The summed E-state index contributed by atoms with van der Waals surface area (Å²) in [6.45, 7) is 0.499. The van der Waals surface area contributed by atoms with Crippen molar-refractivity contribution in [1.82, 2.24) is 0 Å². The summed E-state index contributed by atoms with van der Waals surface area (Å²) in [4.78, 5) is 0. The smallest absolute Gasteiger partial charge is 0.301 e. The predicted octanol–water partition coefficient (Wildman–Crippen LogP) is 5.52. The Bertz CT molecular complexity index is 581. The second kappa shape index (κ2) is 9.06. The third-order valence-corrected chi connectivity index (χ3v) is 4.81. The van der Waals surface area contributed by atoms with E-state index in [-0.39, 0.29) is 13.2 Å². The molecule has 0 saturated carbocycles. The van der Waals surface area contributed by atoms with Crippen LogP contribution in [0.5, 0.6) is 0 Å². The number of benzene rings is 2. The van der Waals surface area contributed by atoms with Crippen LogP contribution in [0, 0.1) is 0 Å². The molecule has 0 bridgehead atoms. The maximum absolute atomic E-state index is 12.8. The van der Waals surface area contributed by atoms with Crippen molar-refractivity contribution >= 4 is 23.5 Å².